The van der Waals surface area contributed by atoms with Crippen molar-refractivity contribution in [1.82, 2.24) is 0 Å². The Morgan fingerprint density at radius 1 is 1.36 bits per heavy atom. The summed E-state index contributed by atoms with van der Waals surface area (Å²) in [6.07, 6.45) is 2.00. The van der Waals surface area contributed by atoms with Crippen LogP contribution < -0.4 is 4.74 Å². The van der Waals surface area contributed by atoms with Crippen LogP contribution in [0, 0.1) is 5.92 Å². The zero-order valence-electron chi connectivity index (χ0n) is 14.6. The van der Waals surface area contributed by atoms with Gasteiger partial charge in [0.05, 0.1) is 13.7 Å². The first-order chi connectivity index (χ1) is 12.0. The van der Waals surface area contributed by atoms with Crippen molar-refractivity contribution in [2.45, 2.75) is 50.7 Å². The molecule has 1 aromatic rings. The predicted molar refractivity (Wildman–Crippen MR) is 89.3 cm³/mol. The van der Waals surface area contributed by atoms with Gasteiger partial charge < -0.3 is 19.3 Å². The summed E-state index contributed by atoms with van der Waals surface area (Å²) in [4.78, 5) is 22.6. The Bertz CT molecular complexity index is 655. The molecule has 0 radical (unpaired) electrons. The van der Waals surface area contributed by atoms with E-state index in [9.17, 15) is 14.7 Å². The van der Waals surface area contributed by atoms with Gasteiger partial charge in [-0.25, -0.2) is 0 Å². The predicted octanol–water partition coefficient (Wildman–Crippen LogP) is 1.97. The third-order valence-corrected chi connectivity index (χ3v) is 5.14. The maximum atomic E-state index is 11.3. The summed E-state index contributed by atoms with van der Waals surface area (Å²) in [6, 6.07) is 6.00. The monoisotopic (exact) mass is 348 g/mol. The highest BCUT2D eigenvalue weighted by Crippen LogP contribution is 2.52. The maximum Gasteiger partial charge on any atom is 0.305 e. The van der Waals surface area contributed by atoms with Gasteiger partial charge in [0, 0.05) is 37.2 Å². The lowest BCUT2D eigenvalue weighted by molar-refractivity contribution is -0.149. The second kappa shape index (κ2) is 7.44. The molecule has 136 valence electrons. The van der Waals surface area contributed by atoms with Crippen LogP contribution in [0.2, 0.25) is 0 Å². The van der Waals surface area contributed by atoms with Gasteiger partial charge in [-0.3, -0.25) is 9.59 Å². The van der Waals surface area contributed by atoms with Gasteiger partial charge in [-0.2, -0.15) is 0 Å². The quantitative estimate of drug-likeness (QED) is 0.792. The molecule has 1 N–H and O–H groups in total. The highest BCUT2D eigenvalue weighted by molar-refractivity contribution is 5.69. The molecule has 0 aromatic heterocycles. The summed E-state index contributed by atoms with van der Waals surface area (Å²) < 4.78 is 16.2. The fraction of sp³-hybridized carbons (Fsp3) is 0.579. The van der Waals surface area contributed by atoms with E-state index in [2.05, 4.69) is 4.74 Å². The molecule has 4 atom stereocenters. The zero-order valence-corrected chi connectivity index (χ0v) is 14.6. The molecule has 0 saturated heterocycles. The summed E-state index contributed by atoms with van der Waals surface area (Å²) in [6.45, 7) is 1.34. The lowest BCUT2D eigenvalue weighted by atomic mass is 9.87. The number of hydrogen-bond donors (Lipinski definition) is 1. The van der Waals surface area contributed by atoms with Crippen LogP contribution in [-0.4, -0.2) is 43.0 Å². The van der Waals surface area contributed by atoms with Gasteiger partial charge >= 0.3 is 11.9 Å². The summed E-state index contributed by atoms with van der Waals surface area (Å²) in [5.74, 6) is 0.197. The number of rotatable bonds is 6. The van der Waals surface area contributed by atoms with Crippen LogP contribution in [0.4, 0.5) is 0 Å². The number of ether oxygens (including phenoxy) is 3. The lowest BCUT2D eigenvalue weighted by Crippen LogP contribution is -2.26. The van der Waals surface area contributed by atoms with Crippen molar-refractivity contribution in [1.29, 1.82) is 0 Å². The highest BCUT2D eigenvalue weighted by Gasteiger charge is 2.51. The summed E-state index contributed by atoms with van der Waals surface area (Å²) in [7, 11) is 1.39. The fourth-order valence-corrected chi connectivity index (χ4v) is 4.07. The number of methoxy groups -OCH3 is 1. The topological polar surface area (TPSA) is 82.1 Å². The number of hydrogen-bond acceptors (Lipinski definition) is 6. The van der Waals surface area contributed by atoms with E-state index < -0.39 is 0 Å². The van der Waals surface area contributed by atoms with E-state index in [1.807, 2.05) is 18.2 Å². The summed E-state index contributed by atoms with van der Waals surface area (Å²) in [5, 5.41) is 9.82. The van der Waals surface area contributed by atoms with Crippen LogP contribution in [-0.2, 0) is 25.5 Å². The minimum atomic E-state index is -0.333. The van der Waals surface area contributed by atoms with E-state index in [0.717, 1.165) is 23.3 Å². The molecule has 1 aliphatic heterocycles. The first-order valence-corrected chi connectivity index (χ1v) is 8.68. The molecule has 1 aromatic carbocycles. The molecule has 0 bridgehead atoms. The van der Waals surface area contributed by atoms with Gasteiger partial charge in [-0.05, 0) is 18.4 Å². The van der Waals surface area contributed by atoms with Gasteiger partial charge in [-0.15, -0.1) is 0 Å². The minimum Gasteiger partial charge on any atom is -0.489 e. The number of carbonyl (C=O) groups excluding carboxylic acids is 2. The van der Waals surface area contributed by atoms with Crippen molar-refractivity contribution >= 4 is 11.9 Å². The van der Waals surface area contributed by atoms with E-state index in [1.54, 1.807) is 0 Å². The summed E-state index contributed by atoms with van der Waals surface area (Å²) in [5.41, 5.74) is 2.13. The van der Waals surface area contributed by atoms with Gasteiger partial charge in [0.15, 0.2) is 0 Å². The standard InChI is InChI=1S/C19H24O6/c1-11(21)24-15-9-16-18(14(15)10-20)13-7-3-5-12(19(13)25-16)6-4-8-17(22)23-2/h3,5,7,14-16,18,20H,4,6,8-10H2,1-2H3/t14?,15-,16?,18?/m1/s1. The summed E-state index contributed by atoms with van der Waals surface area (Å²) >= 11 is 0. The smallest absolute Gasteiger partial charge is 0.305 e. The number of para-hydroxylation sites is 1. The van der Waals surface area contributed by atoms with Gasteiger partial charge in [-0.1, -0.05) is 18.2 Å². The van der Waals surface area contributed by atoms with E-state index in [4.69, 9.17) is 9.47 Å². The van der Waals surface area contributed by atoms with Gasteiger partial charge in [0.2, 0.25) is 0 Å². The number of aliphatic hydroxyl groups is 1. The molecule has 0 spiro atoms. The van der Waals surface area contributed by atoms with Crippen LogP contribution in [0.15, 0.2) is 18.2 Å². The van der Waals surface area contributed by atoms with Crippen LogP contribution in [0.5, 0.6) is 5.75 Å². The van der Waals surface area contributed by atoms with Crippen LogP contribution in [0.1, 0.15) is 43.2 Å². The first kappa shape index (κ1) is 17.7. The Labute approximate surface area is 147 Å². The molecule has 25 heavy (non-hydrogen) atoms. The highest BCUT2D eigenvalue weighted by atomic mass is 16.6. The number of fused-ring (bicyclic) bond motifs is 3. The second-order valence-corrected chi connectivity index (χ2v) is 6.68. The molecular formula is C19H24O6. The first-order valence-electron chi connectivity index (χ1n) is 8.68. The second-order valence-electron chi connectivity index (χ2n) is 6.68. The largest absolute Gasteiger partial charge is 0.489 e. The third-order valence-electron chi connectivity index (χ3n) is 5.14. The van der Waals surface area contributed by atoms with Crippen molar-refractivity contribution < 1.29 is 28.9 Å². The molecule has 6 nitrogen and oxygen atoms in total. The van der Waals surface area contributed by atoms with Crippen LogP contribution in [0.3, 0.4) is 0 Å². The molecule has 3 unspecified atom stereocenters. The fourth-order valence-electron chi connectivity index (χ4n) is 4.07. The minimum absolute atomic E-state index is 0.0323. The molecule has 1 aliphatic carbocycles. The molecule has 3 rings (SSSR count). The SMILES string of the molecule is COC(=O)CCCc1cccc2c1OC1C[C@@H](OC(C)=O)C(CO)C21. The van der Waals surface area contributed by atoms with E-state index in [1.165, 1.54) is 14.0 Å². The van der Waals surface area contributed by atoms with Gasteiger partial charge in [0.25, 0.3) is 0 Å². The van der Waals surface area contributed by atoms with Crippen molar-refractivity contribution in [3.63, 3.8) is 0 Å². The molecule has 1 saturated carbocycles. The lowest BCUT2D eigenvalue weighted by Gasteiger charge is -2.21. The molecule has 2 aliphatic rings. The third kappa shape index (κ3) is 3.49. The number of carbonyl (C=O) groups is 2. The Morgan fingerprint density at radius 2 is 2.16 bits per heavy atom. The van der Waals surface area contributed by atoms with Crippen molar-refractivity contribution in [3.05, 3.63) is 29.3 Å². The Hall–Kier alpha value is -2.08. The molecule has 0 amide bonds. The van der Waals surface area contributed by atoms with E-state index in [0.29, 0.717) is 19.3 Å². The Morgan fingerprint density at radius 3 is 2.84 bits per heavy atom. The average molecular weight is 348 g/mol. The van der Waals surface area contributed by atoms with Crippen molar-refractivity contribution in [3.8, 4) is 5.75 Å². The van der Waals surface area contributed by atoms with Crippen LogP contribution in [0.25, 0.3) is 0 Å². The maximum absolute atomic E-state index is 11.3. The average Bonchev–Trinajstić information content (AvgIpc) is 3.09. The molecule has 6 heteroatoms. The van der Waals surface area contributed by atoms with Crippen molar-refractivity contribution in [2.24, 2.45) is 5.92 Å². The zero-order chi connectivity index (χ0) is 18.0. The number of benzene rings is 1. The van der Waals surface area contributed by atoms with Gasteiger partial charge in [0.1, 0.15) is 18.0 Å². The Kier molecular flexibility index (Phi) is 5.27. The normalized spacial score (nSPS) is 26.5. The number of esters is 2. The molecular weight excluding hydrogens is 324 g/mol. The van der Waals surface area contributed by atoms with E-state index >= 15 is 0 Å². The van der Waals surface area contributed by atoms with E-state index in [-0.39, 0.29) is 42.6 Å². The molecule has 1 heterocycles. The van der Waals surface area contributed by atoms with Crippen LogP contribution >= 0.6 is 0 Å². The number of aryl methyl sites for hydroxylation is 1. The number of aliphatic hydroxyl groups excluding tert-OH is 1. The molecule has 1 fully saturated rings. The van der Waals surface area contributed by atoms with Crippen molar-refractivity contribution in [2.75, 3.05) is 13.7 Å². The Balaban J connectivity index is 1.76.